The zero-order valence-corrected chi connectivity index (χ0v) is 10.1. The molecule has 1 aromatic rings. The van der Waals surface area contributed by atoms with Crippen LogP contribution in [0, 0.1) is 0 Å². The first-order chi connectivity index (χ1) is 8.10. The molecule has 5 nitrogen and oxygen atoms in total. The third-order valence-electron chi connectivity index (χ3n) is 2.49. The predicted octanol–water partition coefficient (Wildman–Crippen LogP) is -0.0268. The van der Waals surface area contributed by atoms with Crippen LogP contribution in [-0.2, 0) is 11.3 Å². The van der Waals surface area contributed by atoms with E-state index >= 15 is 0 Å². The average molecular weight is 238 g/mol. The number of nitrogens with zero attached hydrogens (tertiary/aromatic N) is 1. The average Bonchev–Trinajstić information content (AvgIpc) is 2.37. The van der Waals surface area contributed by atoms with Crippen LogP contribution in [0.5, 0.6) is 5.75 Å². The summed E-state index contributed by atoms with van der Waals surface area (Å²) >= 11 is 0. The van der Waals surface area contributed by atoms with Crippen molar-refractivity contribution in [3.63, 3.8) is 0 Å². The van der Waals surface area contributed by atoms with Crippen molar-refractivity contribution in [2.45, 2.75) is 12.6 Å². The Morgan fingerprint density at radius 3 is 2.76 bits per heavy atom. The number of aliphatic hydroxyl groups excluding tert-OH is 1. The van der Waals surface area contributed by atoms with Crippen LogP contribution in [0.2, 0.25) is 0 Å². The van der Waals surface area contributed by atoms with Gasteiger partial charge in [0, 0.05) is 19.2 Å². The first-order valence-corrected chi connectivity index (χ1v) is 5.33. The quantitative estimate of drug-likeness (QED) is 0.755. The largest absolute Gasteiger partial charge is 0.496 e. The van der Waals surface area contributed by atoms with Gasteiger partial charge in [-0.05, 0) is 6.07 Å². The highest BCUT2D eigenvalue weighted by atomic mass is 16.5. The number of aliphatic hydroxyl groups is 1. The molecule has 0 aliphatic carbocycles. The van der Waals surface area contributed by atoms with Gasteiger partial charge in [0.25, 0.3) is 0 Å². The number of amides is 1. The normalized spacial score (nSPS) is 12.0. The lowest BCUT2D eigenvalue weighted by Crippen LogP contribution is -2.43. The van der Waals surface area contributed by atoms with E-state index in [9.17, 15) is 4.79 Å². The fraction of sp³-hybridized carbons (Fsp3) is 0.417. The third-order valence-corrected chi connectivity index (χ3v) is 2.49. The van der Waals surface area contributed by atoms with Gasteiger partial charge < -0.3 is 20.5 Å². The number of hydrogen-bond donors (Lipinski definition) is 2. The number of para-hydroxylation sites is 1. The predicted molar refractivity (Wildman–Crippen MR) is 64.5 cm³/mol. The minimum absolute atomic E-state index is 0.293. The Labute approximate surface area is 101 Å². The van der Waals surface area contributed by atoms with Crippen molar-refractivity contribution in [3.05, 3.63) is 29.8 Å². The summed E-state index contributed by atoms with van der Waals surface area (Å²) in [5, 5.41) is 8.82. The number of benzene rings is 1. The van der Waals surface area contributed by atoms with E-state index < -0.39 is 6.04 Å². The summed E-state index contributed by atoms with van der Waals surface area (Å²) in [4.78, 5) is 13.1. The zero-order chi connectivity index (χ0) is 12.8. The summed E-state index contributed by atoms with van der Waals surface area (Å²) in [5.74, 6) is 0.433. The van der Waals surface area contributed by atoms with Gasteiger partial charge in [-0.2, -0.15) is 0 Å². The van der Waals surface area contributed by atoms with E-state index in [0.717, 1.165) is 11.3 Å². The zero-order valence-electron chi connectivity index (χ0n) is 10.1. The molecule has 0 aliphatic heterocycles. The van der Waals surface area contributed by atoms with Gasteiger partial charge in [-0.15, -0.1) is 0 Å². The lowest BCUT2D eigenvalue weighted by Gasteiger charge is -2.21. The van der Waals surface area contributed by atoms with Crippen molar-refractivity contribution in [3.8, 4) is 5.75 Å². The molecule has 17 heavy (non-hydrogen) atoms. The number of ether oxygens (including phenoxy) is 1. The monoisotopic (exact) mass is 238 g/mol. The molecule has 0 aromatic heterocycles. The van der Waals surface area contributed by atoms with Crippen LogP contribution in [-0.4, -0.2) is 42.7 Å². The fourth-order valence-corrected chi connectivity index (χ4v) is 1.53. The summed E-state index contributed by atoms with van der Waals surface area (Å²) < 4.78 is 5.19. The summed E-state index contributed by atoms with van der Waals surface area (Å²) in [6, 6.07) is 6.59. The van der Waals surface area contributed by atoms with E-state index in [2.05, 4.69) is 0 Å². The summed E-state index contributed by atoms with van der Waals surface area (Å²) in [5.41, 5.74) is 6.37. The number of hydrogen-bond acceptors (Lipinski definition) is 4. The number of carbonyl (C=O) groups excluding carboxylic acids is 1. The standard InChI is InChI=1S/C12H18N2O3/c1-14(12(16)10(13)8-15)7-9-5-3-4-6-11(9)17-2/h3-6,10,15H,7-8,13H2,1-2H3. The van der Waals surface area contributed by atoms with Gasteiger partial charge in [-0.1, -0.05) is 18.2 Å². The van der Waals surface area contributed by atoms with Crippen molar-refractivity contribution >= 4 is 5.91 Å². The molecule has 5 heteroatoms. The Morgan fingerprint density at radius 2 is 2.18 bits per heavy atom. The molecule has 1 rings (SSSR count). The number of methoxy groups -OCH3 is 1. The van der Waals surface area contributed by atoms with E-state index in [1.54, 1.807) is 14.2 Å². The van der Waals surface area contributed by atoms with E-state index in [-0.39, 0.29) is 12.5 Å². The molecule has 0 heterocycles. The molecule has 1 atom stereocenters. The maximum atomic E-state index is 11.7. The Kier molecular flexibility index (Phi) is 4.93. The van der Waals surface area contributed by atoms with Crippen molar-refractivity contribution < 1.29 is 14.6 Å². The first kappa shape index (κ1) is 13.5. The molecular weight excluding hydrogens is 220 g/mol. The minimum Gasteiger partial charge on any atom is -0.496 e. The molecule has 1 amide bonds. The first-order valence-electron chi connectivity index (χ1n) is 5.33. The SMILES string of the molecule is COc1ccccc1CN(C)C(=O)C(N)CO. The highest BCUT2D eigenvalue weighted by Gasteiger charge is 2.17. The molecule has 3 N–H and O–H groups in total. The Hall–Kier alpha value is -1.59. The van der Waals surface area contributed by atoms with Crippen molar-refractivity contribution in [2.75, 3.05) is 20.8 Å². The summed E-state index contributed by atoms with van der Waals surface area (Å²) in [6.45, 7) is 0.0473. The lowest BCUT2D eigenvalue weighted by molar-refractivity contribution is -0.132. The molecular formula is C12H18N2O3. The van der Waals surface area contributed by atoms with E-state index in [4.69, 9.17) is 15.6 Å². The molecule has 0 aliphatic rings. The van der Waals surface area contributed by atoms with Gasteiger partial charge >= 0.3 is 0 Å². The van der Waals surface area contributed by atoms with Crippen LogP contribution in [0.1, 0.15) is 5.56 Å². The molecule has 0 saturated carbocycles. The van der Waals surface area contributed by atoms with Crippen LogP contribution < -0.4 is 10.5 Å². The Bertz CT molecular complexity index is 382. The van der Waals surface area contributed by atoms with Crippen molar-refractivity contribution in [1.82, 2.24) is 4.90 Å². The van der Waals surface area contributed by atoms with E-state index in [0.29, 0.717) is 6.54 Å². The highest BCUT2D eigenvalue weighted by molar-refractivity contribution is 5.81. The summed E-state index contributed by atoms with van der Waals surface area (Å²) in [7, 11) is 3.23. The Morgan fingerprint density at radius 1 is 1.53 bits per heavy atom. The van der Waals surface area contributed by atoms with E-state index in [1.807, 2.05) is 24.3 Å². The Balaban J connectivity index is 2.74. The second-order valence-corrected chi connectivity index (χ2v) is 3.80. The number of rotatable bonds is 5. The number of nitrogens with two attached hydrogens (primary N) is 1. The number of likely N-dealkylation sites (N-methyl/N-ethyl adjacent to an activating group) is 1. The molecule has 0 saturated heterocycles. The maximum Gasteiger partial charge on any atom is 0.241 e. The lowest BCUT2D eigenvalue weighted by atomic mass is 10.2. The molecule has 94 valence electrons. The van der Waals surface area contributed by atoms with Gasteiger partial charge in [-0.3, -0.25) is 4.79 Å². The van der Waals surface area contributed by atoms with Crippen LogP contribution in [0.3, 0.4) is 0 Å². The molecule has 1 aromatic carbocycles. The van der Waals surface area contributed by atoms with Gasteiger partial charge in [-0.25, -0.2) is 0 Å². The van der Waals surface area contributed by atoms with Crippen LogP contribution in [0.25, 0.3) is 0 Å². The van der Waals surface area contributed by atoms with Gasteiger partial charge in [0.15, 0.2) is 0 Å². The van der Waals surface area contributed by atoms with Gasteiger partial charge in [0.05, 0.1) is 13.7 Å². The van der Waals surface area contributed by atoms with Crippen molar-refractivity contribution in [2.24, 2.45) is 5.73 Å². The molecule has 0 fully saturated rings. The van der Waals surface area contributed by atoms with Crippen molar-refractivity contribution in [1.29, 1.82) is 0 Å². The minimum atomic E-state index is -0.866. The number of carbonyl (C=O) groups is 1. The van der Waals surface area contributed by atoms with Gasteiger partial charge in [0.2, 0.25) is 5.91 Å². The van der Waals surface area contributed by atoms with Gasteiger partial charge in [0.1, 0.15) is 11.8 Å². The maximum absolute atomic E-state index is 11.7. The van der Waals surface area contributed by atoms with Crippen LogP contribution in [0.4, 0.5) is 0 Å². The van der Waals surface area contributed by atoms with Crippen LogP contribution in [0.15, 0.2) is 24.3 Å². The van der Waals surface area contributed by atoms with Crippen LogP contribution >= 0.6 is 0 Å². The fourth-order valence-electron chi connectivity index (χ4n) is 1.53. The van der Waals surface area contributed by atoms with E-state index in [1.165, 1.54) is 4.90 Å². The molecule has 0 bridgehead atoms. The topological polar surface area (TPSA) is 75.8 Å². The third kappa shape index (κ3) is 3.44. The molecule has 1 unspecified atom stereocenters. The second kappa shape index (κ2) is 6.22. The second-order valence-electron chi connectivity index (χ2n) is 3.80. The molecule has 0 spiro atoms. The molecule has 0 radical (unpaired) electrons. The highest BCUT2D eigenvalue weighted by Crippen LogP contribution is 2.18. The smallest absolute Gasteiger partial charge is 0.241 e. The summed E-state index contributed by atoms with van der Waals surface area (Å²) in [6.07, 6.45) is 0.